The Hall–Kier alpha value is -1.39. The lowest BCUT2D eigenvalue weighted by molar-refractivity contribution is 0.0709. The van der Waals surface area contributed by atoms with Gasteiger partial charge in [-0.2, -0.15) is 0 Å². The van der Waals surface area contributed by atoms with Gasteiger partial charge in [-0.15, -0.1) is 0 Å². The van der Waals surface area contributed by atoms with Crippen LogP contribution >= 0.6 is 0 Å². The van der Waals surface area contributed by atoms with E-state index in [0.717, 1.165) is 30.6 Å². The highest BCUT2D eigenvalue weighted by molar-refractivity contribution is 5.95. The number of carbonyl (C=O) groups excluding carboxylic acids is 1. The van der Waals surface area contributed by atoms with Crippen LogP contribution in [0.15, 0.2) is 24.3 Å². The number of methoxy groups -OCH3 is 1. The largest absolute Gasteiger partial charge is 0.380 e. The molecule has 0 aromatic heterocycles. The maximum Gasteiger partial charge on any atom is 0.254 e. The van der Waals surface area contributed by atoms with Crippen molar-refractivity contribution < 1.29 is 9.53 Å². The molecule has 1 aromatic carbocycles. The molecule has 4 nitrogen and oxygen atoms in total. The van der Waals surface area contributed by atoms with Crippen molar-refractivity contribution in [2.24, 2.45) is 0 Å². The summed E-state index contributed by atoms with van der Waals surface area (Å²) in [5.41, 5.74) is 1.79. The zero-order valence-electron chi connectivity index (χ0n) is 14.2. The van der Waals surface area contributed by atoms with Gasteiger partial charge in [0.15, 0.2) is 0 Å². The van der Waals surface area contributed by atoms with Gasteiger partial charge in [0.25, 0.3) is 5.91 Å². The van der Waals surface area contributed by atoms with E-state index in [9.17, 15) is 4.79 Å². The molecule has 0 saturated carbocycles. The van der Waals surface area contributed by atoms with Crippen LogP contribution in [0.2, 0.25) is 0 Å². The molecule has 0 N–H and O–H groups in total. The summed E-state index contributed by atoms with van der Waals surface area (Å²) in [6, 6.07) is 8.39. The Morgan fingerprint density at radius 3 is 2.65 bits per heavy atom. The van der Waals surface area contributed by atoms with E-state index in [0.29, 0.717) is 12.6 Å². The molecular formula is C19H28N2O2. The minimum atomic E-state index is 0.170. The summed E-state index contributed by atoms with van der Waals surface area (Å²) in [7, 11) is 1.68. The maximum absolute atomic E-state index is 13.1. The zero-order chi connectivity index (χ0) is 16.1. The minimum Gasteiger partial charge on any atom is -0.380 e. The van der Waals surface area contributed by atoms with E-state index in [2.05, 4.69) is 9.80 Å². The van der Waals surface area contributed by atoms with Crippen LogP contribution in [-0.2, 0) is 11.3 Å². The lowest BCUT2D eigenvalue weighted by Gasteiger charge is -2.31. The number of nitrogens with zero attached hydrogens (tertiary/aromatic N) is 2. The molecule has 1 amide bonds. The first-order chi connectivity index (χ1) is 11.3. The predicted molar refractivity (Wildman–Crippen MR) is 91.5 cm³/mol. The number of amides is 1. The molecule has 2 heterocycles. The van der Waals surface area contributed by atoms with Crippen molar-refractivity contribution in [3.63, 3.8) is 0 Å². The fourth-order valence-electron chi connectivity index (χ4n) is 3.89. The molecule has 1 atom stereocenters. The smallest absolute Gasteiger partial charge is 0.254 e. The molecule has 0 aliphatic carbocycles. The number of hydrogen-bond donors (Lipinski definition) is 0. The van der Waals surface area contributed by atoms with E-state index in [1.807, 2.05) is 24.3 Å². The molecule has 1 aromatic rings. The molecule has 2 saturated heterocycles. The molecule has 2 aliphatic heterocycles. The summed E-state index contributed by atoms with van der Waals surface area (Å²) < 4.78 is 5.25. The second-order valence-corrected chi connectivity index (χ2v) is 6.73. The standard InChI is InChI=1S/C19H28N2O2/c1-23-15-16-8-2-3-10-18(16)19(22)21-13-5-4-9-17(14-21)20-11-6-7-12-20/h2-3,8,10,17H,4-7,9,11-15H2,1H3. The normalized spacial score (nSPS) is 23.0. The molecule has 4 heteroatoms. The van der Waals surface area contributed by atoms with Crippen molar-refractivity contribution in [3.8, 4) is 0 Å². The van der Waals surface area contributed by atoms with Gasteiger partial charge in [0.1, 0.15) is 0 Å². The second-order valence-electron chi connectivity index (χ2n) is 6.73. The van der Waals surface area contributed by atoms with Gasteiger partial charge in [0.2, 0.25) is 0 Å². The highest BCUT2D eigenvalue weighted by Gasteiger charge is 2.28. The summed E-state index contributed by atoms with van der Waals surface area (Å²) in [5, 5.41) is 0. The third kappa shape index (κ3) is 3.93. The van der Waals surface area contributed by atoms with Crippen LogP contribution in [0.1, 0.15) is 48.0 Å². The lowest BCUT2D eigenvalue weighted by Crippen LogP contribution is -2.44. The summed E-state index contributed by atoms with van der Waals surface area (Å²) in [6.07, 6.45) is 6.18. The minimum absolute atomic E-state index is 0.170. The Kier molecular flexibility index (Phi) is 5.68. The van der Waals surface area contributed by atoms with Crippen molar-refractivity contribution >= 4 is 5.91 Å². The predicted octanol–water partition coefficient (Wildman–Crippen LogP) is 2.92. The first-order valence-corrected chi connectivity index (χ1v) is 8.90. The lowest BCUT2D eigenvalue weighted by atomic mass is 10.1. The molecule has 2 fully saturated rings. The molecule has 0 radical (unpaired) electrons. The van der Waals surface area contributed by atoms with E-state index >= 15 is 0 Å². The second kappa shape index (κ2) is 7.93. The van der Waals surface area contributed by atoms with Crippen LogP contribution in [0.3, 0.4) is 0 Å². The fourth-order valence-corrected chi connectivity index (χ4v) is 3.89. The Balaban J connectivity index is 1.75. The van der Waals surface area contributed by atoms with E-state index in [-0.39, 0.29) is 5.91 Å². The molecule has 126 valence electrons. The van der Waals surface area contributed by atoms with Crippen molar-refractivity contribution in [2.75, 3.05) is 33.3 Å². The average molecular weight is 316 g/mol. The van der Waals surface area contributed by atoms with E-state index in [1.54, 1.807) is 7.11 Å². The van der Waals surface area contributed by atoms with Gasteiger partial charge < -0.3 is 9.64 Å². The van der Waals surface area contributed by atoms with Crippen LogP contribution in [0.4, 0.5) is 0 Å². The van der Waals surface area contributed by atoms with Gasteiger partial charge in [-0.05, 0) is 50.4 Å². The van der Waals surface area contributed by atoms with Crippen LogP contribution in [0, 0.1) is 0 Å². The molecule has 2 aliphatic rings. The van der Waals surface area contributed by atoms with Gasteiger partial charge >= 0.3 is 0 Å². The molecule has 1 unspecified atom stereocenters. The van der Waals surface area contributed by atoms with Crippen molar-refractivity contribution in [1.82, 2.24) is 9.80 Å². The maximum atomic E-state index is 13.1. The molecule has 0 bridgehead atoms. The third-order valence-corrected chi connectivity index (χ3v) is 5.14. The number of rotatable bonds is 4. The van der Waals surface area contributed by atoms with Gasteiger partial charge in [-0.1, -0.05) is 24.6 Å². The average Bonchev–Trinajstić information content (AvgIpc) is 3.00. The zero-order valence-corrected chi connectivity index (χ0v) is 14.2. The number of carbonyl (C=O) groups is 1. The van der Waals surface area contributed by atoms with Gasteiger partial charge in [-0.3, -0.25) is 9.69 Å². The van der Waals surface area contributed by atoms with Crippen LogP contribution < -0.4 is 0 Å². The van der Waals surface area contributed by atoms with Crippen LogP contribution in [-0.4, -0.2) is 55.0 Å². The summed E-state index contributed by atoms with van der Waals surface area (Å²) in [4.78, 5) is 17.7. The van der Waals surface area contributed by atoms with Gasteiger partial charge in [-0.25, -0.2) is 0 Å². The quantitative estimate of drug-likeness (QED) is 0.856. The van der Waals surface area contributed by atoms with Crippen molar-refractivity contribution in [2.45, 2.75) is 44.8 Å². The van der Waals surface area contributed by atoms with Gasteiger partial charge in [0.05, 0.1) is 6.61 Å². The SMILES string of the molecule is COCc1ccccc1C(=O)N1CCCCC(N2CCCC2)C1. The van der Waals surface area contributed by atoms with E-state index < -0.39 is 0 Å². The van der Waals surface area contributed by atoms with Gasteiger partial charge in [0, 0.05) is 31.8 Å². The van der Waals surface area contributed by atoms with Crippen LogP contribution in [0.25, 0.3) is 0 Å². The number of ether oxygens (including phenoxy) is 1. The van der Waals surface area contributed by atoms with E-state index in [1.165, 1.54) is 38.8 Å². The number of benzene rings is 1. The topological polar surface area (TPSA) is 32.8 Å². The first-order valence-electron chi connectivity index (χ1n) is 8.90. The molecule has 3 rings (SSSR count). The summed E-state index contributed by atoms with van der Waals surface area (Å²) in [5.74, 6) is 0.170. The molecule has 23 heavy (non-hydrogen) atoms. The van der Waals surface area contributed by atoms with Crippen molar-refractivity contribution in [1.29, 1.82) is 0 Å². The van der Waals surface area contributed by atoms with E-state index in [4.69, 9.17) is 4.74 Å². The monoisotopic (exact) mass is 316 g/mol. The Morgan fingerprint density at radius 2 is 1.87 bits per heavy atom. The fraction of sp³-hybridized carbons (Fsp3) is 0.632. The summed E-state index contributed by atoms with van der Waals surface area (Å²) in [6.45, 7) is 4.65. The molecule has 0 spiro atoms. The number of hydrogen-bond acceptors (Lipinski definition) is 3. The highest BCUT2D eigenvalue weighted by atomic mass is 16.5. The highest BCUT2D eigenvalue weighted by Crippen LogP contribution is 2.22. The number of likely N-dealkylation sites (tertiary alicyclic amines) is 2. The van der Waals surface area contributed by atoms with Crippen LogP contribution in [0.5, 0.6) is 0 Å². The first kappa shape index (κ1) is 16.5. The third-order valence-electron chi connectivity index (χ3n) is 5.14. The summed E-state index contributed by atoms with van der Waals surface area (Å²) >= 11 is 0. The molecular weight excluding hydrogens is 288 g/mol. The Labute approximate surface area is 139 Å². The van der Waals surface area contributed by atoms with Crippen molar-refractivity contribution in [3.05, 3.63) is 35.4 Å². The Bertz CT molecular complexity index is 526. The Morgan fingerprint density at radius 1 is 1.13 bits per heavy atom.